The second-order valence-electron chi connectivity index (χ2n) is 6.98. The lowest BCUT2D eigenvalue weighted by Crippen LogP contribution is -2.42. The number of benzene rings is 1. The summed E-state index contributed by atoms with van der Waals surface area (Å²) >= 11 is 1.33. The van der Waals surface area contributed by atoms with Gasteiger partial charge in [-0.05, 0) is 31.0 Å². The maximum Gasteiger partial charge on any atom is 0.267 e. The molecule has 0 N–H and O–H groups in total. The van der Waals surface area contributed by atoms with E-state index >= 15 is 0 Å². The Morgan fingerprint density at radius 3 is 2.82 bits per heavy atom. The number of ketones is 1. The molecule has 28 heavy (non-hydrogen) atoms. The standard InChI is InChI=1S/C20H19NO6S/c22-17(12-3-4-14-15(8-12)27-11-26-14)13-2-1-5-21(9-13)20(23)19-18-16(10-28-19)24-6-7-25-18/h3-4,8,10,13H,1-2,5-7,9,11H2. The van der Waals surface area contributed by atoms with Crippen LogP contribution in [-0.2, 0) is 0 Å². The zero-order chi connectivity index (χ0) is 19.1. The number of nitrogens with zero attached hydrogens (tertiary/aromatic N) is 1. The molecule has 146 valence electrons. The van der Waals surface area contributed by atoms with Gasteiger partial charge in [-0.2, -0.15) is 0 Å². The quantitative estimate of drug-likeness (QED) is 0.736. The van der Waals surface area contributed by atoms with Gasteiger partial charge in [-0.15, -0.1) is 11.3 Å². The highest BCUT2D eigenvalue weighted by molar-refractivity contribution is 7.12. The molecule has 0 saturated carbocycles. The van der Waals surface area contributed by atoms with E-state index in [1.165, 1.54) is 11.3 Å². The van der Waals surface area contributed by atoms with Gasteiger partial charge in [-0.25, -0.2) is 0 Å². The van der Waals surface area contributed by atoms with Crippen molar-refractivity contribution in [3.8, 4) is 23.0 Å². The van der Waals surface area contributed by atoms with Gasteiger partial charge in [0.1, 0.15) is 18.1 Å². The van der Waals surface area contributed by atoms with Gasteiger partial charge in [0.25, 0.3) is 5.91 Å². The summed E-state index contributed by atoms with van der Waals surface area (Å²) in [5.41, 5.74) is 0.591. The van der Waals surface area contributed by atoms with Crippen molar-refractivity contribution in [1.82, 2.24) is 4.90 Å². The Bertz CT molecular complexity index is 939. The van der Waals surface area contributed by atoms with Crippen LogP contribution in [-0.4, -0.2) is 49.7 Å². The summed E-state index contributed by atoms with van der Waals surface area (Å²) in [4.78, 5) is 28.4. The van der Waals surface area contributed by atoms with E-state index in [-0.39, 0.29) is 24.4 Å². The van der Waals surface area contributed by atoms with Crippen molar-refractivity contribution in [1.29, 1.82) is 0 Å². The first kappa shape index (κ1) is 17.4. The monoisotopic (exact) mass is 401 g/mol. The molecule has 3 aliphatic rings. The zero-order valence-electron chi connectivity index (χ0n) is 15.1. The summed E-state index contributed by atoms with van der Waals surface area (Å²) in [6.07, 6.45) is 1.55. The largest absolute Gasteiger partial charge is 0.485 e. The maximum absolute atomic E-state index is 13.0. The fraction of sp³-hybridized carbons (Fsp3) is 0.400. The topological polar surface area (TPSA) is 74.3 Å². The molecule has 1 fully saturated rings. The molecular formula is C20H19NO6S. The smallest absolute Gasteiger partial charge is 0.267 e. The third kappa shape index (κ3) is 2.97. The fourth-order valence-corrected chi connectivity index (χ4v) is 4.71. The fourth-order valence-electron chi connectivity index (χ4n) is 3.82. The summed E-state index contributed by atoms with van der Waals surface area (Å²) < 4.78 is 21.9. The Hall–Kier alpha value is -2.74. The SMILES string of the molecule is O=C(c1ccc2c(c1)OCO2)C1CCCN(C(=O)c2scc3c2OCCO3)C1. The van der Waals surface area contributed by atoms with Crippen molar-refractivity contribution < 1.29 is 28.5 Å². The second kappa shape index (κ2) is 7.01. The van der Waals surface area contributed by atoms with E-state index in [1.807, 2.05) is 0 Å². The number of Topliss-reactive ketones (excluding diaryl/α,β-unsaturated/α-hetero) is 1. The minimum absolute atomic E-state index is 0.0311. The number of ether oxygens (including phenoxy) is 4. The molecule has 1 atom stereocenters. The minimum Gasteiger partial charge on any atom is -0.485 e. The van der Waals surface area contributed by atoms with Gasteiger partial charge in [0.15, 0.2) is 28.8 Å². The first-order valence-corrected chi connectivity index (χ1v) is 10.2. The lowest BCUT2D eigenvalue weighted by molar-refractivity contribution is 0.0634. The Labute approximate surface area is 165 Å². The van der Waals surface area contributed by atoms with Crippen LogP contribution in [0.25, 0.3) is 0 Å². The zero-order valence-corrected chi connectivity index (χ0v) is 16.0. The average molecular weight is 401 g/mol. The molecule has 3 aliphatic heterocycles. The summed E-state index contributed by atoms with van der Waals surface area (Å²) in [5, 5.41) is 1.81. The van der Waals surface area contributed by atoms with E-state index in [4.69, 9.17) is 18.9 Å². The number of fused-ring (bicyclic) bond motifs is 2. The number of hydrogen-bond donors (Lipinski definition) is 0. The number of hydrogen-bond acceptors (Lipinski definition) is 7. The van der Waals surface area contributed by atoms with E-state index in [1.54, 1.807) is 28.5 Å². The molecule has 4 heterocycles. The van der Waals surface area contributed by atoms with Gasteiger partial charge in [-0.1, -0.05) is 0 Å². The first-order valence-electron chi connectivity index (χ1n) is 9.31. The minimum atomic E-state index is -0.231. The van der Waals surface area contributed by atoms with Crippen LogP contribution in [0, 0.1) is 5.92 Å². The third-order valence-electron chi connectivity index (χ3n) is 5.23. The Morgan fingerprint density at radius 1 is 1.04 bits per heavy atom. The first-order chi connectivity index (χ1) is 13.7. The molecule has 7 nitrogen and oxygen atoms in total. The molecule has 1 aromatic carbocycles. The summed E-state index contributed by atoms with van der Waals surface area (Å²) in [5.74, 6) is 2.11. The van der Waals surface area contributed by atoms with E-state index in [9.17, 15) is 9.59 Å². The highest BCUT2D eigenvalue weighted by Gasteiger charge is 2.33. The number of piperidine rings is 1. The van der Waals surface area contributed by atoms with Gasteiger partial charge in [0, 0.05) is 30.0 Å². The van der Waals surface area contributed by atoms with Gasteiger partial charge >= 0.3 is 0 Å². The van der Waals surface area contributed by atoms with E-state index in [0.717, 1.165) is 12.8 Å². The maximum atomic E-state index is 13.0. The van der Waals surface area contributed by atoms with Crippen molar-refractivity contribution in [2.24, 2.45) is 5.92 Å². The third-order valence-corrected chi connectivity index (χ3v) is 6.16. The van der Waals surface area contributed by atoms with Gasteiger partial charge in [0.2, 0.25) is 6.79 Å². The lowest BCUT2D eigenvalue weighted by Gasteiger charge is -2.32. The molecular weight excluding hydrogens is 382 g/mol. The number of likely N-dealkylation sites (tertiary alicyclic amines) is 1. The molecule has 1 aromatic heterocycles. The van der Waals surface area contributed by atoms with Gasteiger partial charge < -0.3 is 23.8 Å². The molecule has 8 heteroatoms. The van der Waals surface area contributed by atoms with E-state index in [2.05, 4.69) is 0 Å². The molecule has 0 radical (unpaired) electrons. The van der Waals surface area contributed by atoms with E-state index < -0.39 is 0 Å². The lowest BCUT2D eigenvalue weighted by atomic mass is 9.89. The predicted molar refractivity (Wildman–Crippen MR) is 101 cm³/mol. The van der Waals surface area contributed by atoms with Crippen molar-refractivity contribution in [2.45, 2.75) is 12.8 Å². The summed E-state index contributed by atoms with van der Waals surface area (Å²) in [6.45, 7) is 2.15. The number of thiophene rings is 1. The van der Waals surface area contributed by atoms with Crippen LogP contribution in [0.2, 0.25) is 0 Å². The number of rotatable bonds is 3. The molecule has 0 spiro atoms. The number of amides is 1. The highest BCUT2D eigenvalue weighted by Crippen LogP contribution is 2.40. The van der Waals surface area contributed by atoms with Crippen LogP contribution < -0.4 is 18.9 Å². The molecule has 0 aliphatic carbocycles. The highest BCUT2D eigenvalue weighted by atomic mass is 32.1. The van der Waals surface area contributed by atoms with E-state index in [0.29, 0.717) is 59.7 Å². The summed E-state index contributed by atoms with van der Waals surface area (Å²) in [6, 6.07) is 5.25. The number of carbonyl (C=O) groups excluding carboxylic acids is 2. The molecule has 1 saturated heterocycles. The second-order valence-corrected chi connectivity index (χ2v) is 7.86. The average Bonchev–Trinajstić information content (AvgIpc) is 3.39. The van der Waals surface area contributed by atoms with Gasteiger partial charge in [-0.3, -0.25) is 9.59 Å². The van der Waals surface area contributed by atoms with Crippen LogP contribution in [0.4, 0.5) is 0 Å². The van der Waals surface area contributed by atoms with Crippen molar-refractivity contribution >= 4 is 23.0 Å². The van der Waals surface area contributed by atoms with Crippen LogP contribution in [0.15, 0.2) is 23.6 Å². The van der Waals surface area contributed by atoms with Crippen LogP contribution in [0.5, 0.6) is 23.0 Å². The normalized spacial score (nSPS) is 20.1. The van der Waals surface area contributed by atoms with Crippen molar-refractivity contribution in [3.05, 3.63) is 34.0 Å². The van der Waals surface area contributed by atoms with Crippen molar-refractivity contribution in [3.63, 3.8) is 0 Å². The Morgan fingerprint density at radius 2 is 1.89 bits per heavy atom. The van der Waals surface area contributed by atoms with Crippen molar-refractivity contribution in [2.75, 3.05) is 33.1 Å². The molecule has 5 rings (SSSR count). The molecule has 2 aromatic rings. The predicted octanol–water partition coefficient (Wildman–Crippen LogP) is 2.98. The van der Waals surface area contributed by atoms with Crippen LogP contribution >= 0.6 is 11.3 Å². The Kier molecular flexibility index (Phi) is 4.35. The van der Waals surface area contributed by atoms with Gasteiger partial charge in [0.05, 0.1) is 0 Å². The van der Waals surface area contributed by atoms with Crippen LogP contribution in [0.1, 0.15) is 32.9 Å². The Balaban J connectivity index is 1.33. The van der Waals surface area contributed by atoms with Crippen LogP contribution in [0.3, 0.4) is 0 Å². The molecule has 1 unspecified atom stereocenters. The molecule has 0 bridgehead atoms. The molecule has 1 amide bonds. The number of carbonyl (C=O) groups is 2. The summed E-state index contributed by atoms with van der Waals surface area (Å²) in [7, 11) is 0.